The van der Waals surface area contributed by atoms with Gasteiger partial charge in [0.25, 0.3) is 0 Å². The fraction of sp³-hybridized carbons (Fsp3) is 0.348. The molecule has 2 aromatic carbocycles. The van der Waals surface area contributed by atoms with Crippen molar-refractivity contribution in [2.24, 2.45) is 5.92 Å². The average Bonchev–Trinajstić information content (AvgIpc) is 2.83. The number of rotatable bonds is 7. The minimum Gasteiger partial charge on any atom is -0.462 e. The number of benzene rings is 2. The van der Waals surface area contributed by atoms with Crippen LogP contribution in [0, 0.1) is 5.92 Å². The molecule has 0 amide bonds. The zero-order valence-corrected chi connectivity index (χ0v) is 19.0. The van der Waals surface area contributed by atoms with E-state index >= 15 is 0 Å². The molecule has 33 heavy (non-hydrogen) atoms. The normalized spacial score (nSPS) is 18.9. The molecular weight excluding hydrogens is 444 g/mol. The summed E-state index contributed by atoms with van der Waals surface area (Å²) in [6, 6.07) is 12.6. The molecule has 0 aliphatic carbocycles. The lowest BCUT2D eigenvalue weighted by Crippen LogP contribution is -2.48. The zero-order chi connectivity index (χ0) is 23.4. The first kappa shape index (κ1) is 23.1. The van der Waals surface area contributed by atoms with E-state index in [1.54, 1.807) is 25.1 Å². The fourth-order valence-electron chi connectivity index (χ4n) is 3.84. The van der Waals surface area contributed by atoms with Crippen LogP contribution < -0.4 is 9.62 Å². The molecule has 4 rings (SSSR count). The Balaban J connectivity index is 1.35. The van der Waals surface area contributed by atoms with Crippen molar-refractivity contribution in [1.29, 1.82) is 0 Å². The van der Waals surface area contributed by atoms with E-state index in [0.717, 1.165) is 10.8 Å². The van der Waals surface area contributed by atoms with Gasteiger partial charge in [0.05, 0.1) is 23.2 Å². The van der Waals surface area contributed by atoms with Crippen LogP contribution in [-0.2, 0) is 14.8 Å². The molecule has 3 aromatic rings. The number of carbonyl (C=O) groups excluding carboxylic acids is 1. The van der Waals surface area contributed by atoms with Gasteiger partial charge in [-0.25, -0.2) is 27.9 Å². The maximum absolute atomic E-state index is 12.8. The van der Waals surface area contributed by atoms with Gasteiger partial charge in [0.1, 0.15) is 0 Å². The van der Waals surface area contributed by atoms with Gasteiger partial charge in [0, 0.05) is 37.9 Å². The fourth-order valence-corrected chi connectivity index (χ4v) is 4.97. The number of ether oxygens (including phenoxy) is 1. The molecule has 2 atom stereocenters. The van der Waals surface area contributed by atoms with E-state index in [4.69, 9.17) is 4.74 Å². The Morgan fingerprint density at radius 3 is 2.61 bits per heavy atom. The number of nitrogens with zero attached hydrogens (tertiary/aromatic N) is 3. The van der Waals surface area contributed by atoms with Crippen LogP contribution in [0.4, 0.5) is 5.95 Å². The summed E-state index contributed by atoms with van der Waals surface area (Å²) in [6.07, 6.45) is 2.60. The van der Waals surface area contributed by atoms with Crippen molar-refractivity contribution in [3.8, 4) is 0 Å². The van der Waals surface area contributed by atoms with Crippen LogP contribution in [0.25, 0.3) is 10.8 Å². The summed E-state index contributed by atoms with van der Waals surface area (Å²) in [6.45, 7) is 2.94. The third kappa shape index (κ3) is 5.29. The summed E-state index contributed by atoms with van der Waals surface area (Å²) < 4.78 is 33.1. The maximum atomic E-state index is 12.8. The lowest BCUT2D eigenvalue weighted by molar-refractivity contribution is 0.0525. The molecule has 1 saturated heterocycles. The molecule has 174 valence electrons. The smallest absolute Gasteiger partial charge is 0.341 e. The molecule has 2 N–H and O–H groups in total. The van der Waals surface area contributed by atoms with Gasteiger partial charge in [-0.1, -0.05) is 30.3 Å². The summed E-state index contributed by atoms with van der Waals surface area (Å²) in [4.78, 5) is 22.2. The summed E-state index contributed by atoms with van der Waals surface area (Å²) in [5.41, 5.74) is 0.263. The van der Waals surface area contributed by atoms with Gasteiger partial charge in [0.2, 0.25) is 16.0 Å². The largest absolute Gasteiger partial charge is 0.462 e. The third-order valence-electron chi connectivity index (χ3n) is 5.72. The van der Waals surface area contributed by atoms with Gasteiger partial charge < -0.3 is 14.7 Å². The Morgan fingerprint density at radius 1 is 1.18 bits per heavy atom. The second-order valence-corrected chi connectivity index (χ2v) is 9.68. The van der Waals surface area contributed by atoms with Crippen molar-refractivity contribution in [3.05, 3.63) is 60.4 Å². The number of esters is 1. The van der Waals surface area contributed by atoms with Crippen LogP contribution in [0.3, 0.4) is 0 Å². The van der Waals surface area contributed by atoms with Crippen LogP contribution in [0.15, 0.2) is 59.8 Å². The lowest BCUT2D eigenvalue weighted by atomic mass is 9.94. The first-order valence-electron chi connectivity index (χ1n) is 10.8. The number of aromatic nitrogens is 2. The Hall–Kier alpha value is -3.08. The molecule has 2 heterocycles. The highest BCUT2D eigenvalue weighted by molar-refractivity contribution is 7.89. The minimum absolute atomic E-state index is 0.132. The monoisotopic (exact) mass is 470 g/mol. The number of β-amino-alcohol motifs (C(OH)–C–C–N with tert-alkyl or cyclic N) is 1. The lowest BCUT2D eigenvalue weighted by Gasteiger charge is -2.35. The van der Waals surface area contributed by atoms with E-state index in [1.807, 2.05) is 29.2 Å². The van der Waals surface area contributed by atoms with Gasteiger partial charge in [-0.3, -0.25) is 0 Å². The van der Waals surface area contributed by atoms with E-state index in [9.17, 15) is 18.3 Å². The Labute approximate surface area is 192 Å². The minimum atomic E-state index is -3.70. The molecule has 9 nitrogen and oxygen atoms in total. The van der Waals surface area contributed by atoms with Crippen LogP contribution >= 0.6 is 0 Å². The second-order valence-electron chi connectivity index (χ2n) is 7.92. The van der Waals surface area contributed by atoms with Crippen LogP contribution in [0.1, 0.15) is 23.7 Å². The quantitative estimate of drug-likeness (QED) is 0.503. The van der Waals surface area contributed by atoms with Gasteiger partial charge in [-0.15, -0.1) is 0 Å². The van der Waals surface area contributed by atoms with Crippen molar-refractivity contribution in [2.45, 2.75) is 24.3 Å². The number of hydrogen-bond donors (Lipinski definition) is 2. The van der Waals surface area contributed by atoms with Gasteiger partial charge >= 0.3 is 5.97 Å². The Morgan fingerprint density at radius 2 is 1.91 bits per heavy atom. The summed E-state index contributed by atoms with van der Waals surface area (Å²) in [5, 5.41) is 12.4. The molecular formula is C23H26N4O5S. The zero-order valence-electron chi connectivity index (χ0n) is 18.2. The molecule has 0 spiro atoms. The van der Waals surface area contributed by atoms with E-state index in [-0.39, 0.29) is 36.1 Å². The molecule has 1 aliphatic rings. The van der Waals surface area contributed by atoms with E-state index < -0.39 is 22.1 Å². The predicted molar refractivity (Wildman–Crippen MR) is 123 cm³/mol. The second kappa shape index (κ2) is 9.82. The highest BCUT2D eigenvalue weighted by Crippen LogP contribution is 2.23. The first-order valence-corrected chi connectivity index (χ1v) is 12.3. The summed E-state index contributed by atoms with van der Waals surface area (Å²) >= 11 is 0. The molecule has 0 unspecified atom stereocenters. The number of piperidine rings is 1. The Bertz CT molecular complexity index is 1230. The highest BCUT2D eigenvalue weighted by atomic mass is 32.2. The third-order valence-corrected chi connectivity index (χ3v) is 7.14. The van der Waals surface area contributed by atoms with E-state index in [2.05, 4.69) is 14.7 Å². The maximum Gasteiger partial charge on any atom is 0.341 e. The molecule has 0 radical (unpaired) electrons. The molecule has 1 aliphatic heterocycles. The number of carbonyl (C=O) groups is 1. The number of nitrogens with one attached hydrogen (secondary N) is 1. The molecule has 0 bridgehead atoms. The predicted octanol–water partition coefficient (Wildman–Crippen LogP) is 1.97. The molecule has 10 heteroatoms. The van der Waals surface area contributed by atoms with Gasteiger partial charge in [-0.2, -0.15) is 0 Å². The van der Waals surface area contributed by atoms with E-state index in [0.29, 0.717) is 18.9 Å². The first-order chi connectivity index (χ1) is 15.9. The molecule has 1 aromatic heterocycles. The Kier molecular flexibility index (Phi) is 6.87. The standard InChI is InChI=1S/C23H26N4O5S/c1-2-32-22(29)19-12-24-23(25-13-19)27-10-9-18(21(28)15-27)14-26-33(30,31)20-8-7-16-5-3-4-6-17(16)11-20/h3-8,11-13,18,21,26,28H,2,9-10,14-15H2,1H3/t18-,21-/m1/s1. The van der Waals surface area contributed by atoms with Crippen LogP contribution in [0.5, 0.6) is 0 Å². The van der Waals surface area contributed by atoms with Crippen molar-refractivity contribution in [1.82, 2.24) is 14.7 Å². The van der Waals surface area contributed by atoms with Crippen LogP contribution in [0.2, 0.25) is 0 Å². The van der Waals surface area contributed by atoms with Crippen LogP contribution in [-0.4, -0.2) is 61.8 Å². The topological polar surface area (TPSA) is 122 Å². The summed E-state index contributed by atoms with van der Waals surface area (Å²) in [7, 11) is -3.70. The number of aliphatic hydroxyl groups is 1. The highest BCUT2D eigenvalue weighted by Gasteiger charge is 2.30. The number of fused-ring (bicyclic) bond motifs is 1. The van der Waals surface area contributed by atoms with Crippen molar-refractivity contribution in [2.75, 3.05) is 31.1 Å². The average molecular weight is 471 g/mol. The van der Waals surface area contributed by atoms with Gasteiger partial charge in [-0.05, 0) is 36.2 Å². The van der Waals surface area contributed by atoms with E-state index in [1.165, 1.54) is 12.4 Å². The van der Waals surface area contributed by atoms with Gasteiger partial charge in [0.15, 0.2) is 0 Å². The van der Waals surface area contributed by atoms with Crippen molar-refractivity contribution in [3.63, 3.8) is 0 Å². The SMILES string of the molecule is CCOC(=O)c1cnc(N2CC[C@H](CNS(=O)(=O)c3ccc4ccccc4c3)[C@H](O)C2)nc1. The molecule has 1 fully saturated rings. The number of aliphatic hydroxyl groups excluding tert-OH is 1. The van der Waals surface area contributed by atoms with Crippen molar-refractivity contribution < 1.29 is 23.1 Å². The number of hydrogen-bond acceptors (Lipinski definition) is 8. The number of anilines is 1. The number of sulfonamides is 1. The van der Waals surface area contributed by atoms with Crippen molar-refractivity contribution >= 4 is 32.7 Å². The summed E-state index contributed by atoms with van der Waals surface area (Å²) in [5.74, 6) is -0.325. The molecule has 0 saturated carbocycles.